The maximum Gasteiger partial charge on any atom is 0.257 e. The number of nitrogen functional groups attached to an aromatic ring is 1. The first-order valence-electron chi connectivity index (χ1n) is 14.4. The summed E-state index contributed by atoms with van der Waals surface area (Å²) in [6, 6.07) is 16.3. The molecule has 11 heteroatoms. The number of ether oxygens (including phenoxy) is 2. The molecule has 0 radical (unpaired) electrons. The second-order valence-corrected chi connectivity index (χ2v) is 10.4. The number of rotatable bonds is 12. The minimum atomic E-state index is -0.241. The lowest BCUT2D eigenvalue weighted by molar-refractivity contribution is -0.123. The number of nitrogens with two attached hydrogens (primary N) is 1. The van der Waals surface area contributed by atoms with Gasteiger partial charge >= 0.3 is 0 Å². The summed E-state index contributed by atoms with van der Waals surface area (Å²) in [5, 5.41) is 2.84. The van der Waals surface area contributed by atoms with Gasteiger partial charge in [-0.25, -0.2) is 9.97 Å². The second kappa shape index (κ2) is 14.3. The zero-order valence-corrected chi connectivity index (χ0v) is 24.5. The van der Waals surface area contributed by atoms with E-state index in [9.17, 15) is 14.4 Å². The third-order valence-electron chi connectivity index (χ3n) is 7.26. The minimum absolute atomic E-state index is 0.0290. The van der Waals surface area contributed by atoms with Crippen LogP contribution >= 0.6 is 0 Å². The molecule has 1 saturated heterocycles. The van der Waals surface area contributed by atoms with Gasteiger partial charge in [-0.3, -0.25) is 19.4 Å². The van der Waals surface area contributed by atoms with Crippen LogP contribution < -0.4 is 20.7 Å². The molecule has 44 heavy (non-hydrogen) atoms. The molecule has 0 unspecified atom stereocenters. The summed E-state index contributed by atoms with van der Waals surface area (Å²) in [5.74, 6) is 0.101. The lowest BCUT2D eigenvalue weighted by Gasteiger charge is -2.30. The van der Waals surface area contributed by atoms with Crippen molar-refractivity contribution in [3.05, 3.63) is 95.6 Å². The first-order chi connectivity index (χ1) is 21.4. The smallest absolute Gasteiger partial charge is 0.257 e. The number of carbonyl (C=O) groups is 3. The van der Waals surface area contributed by atoms with E-state index in [4.69, 9.17) is 15.2 Å². The Morgan fingerprint density at radius 3 is 2.48 bits per heavy atom. The van der Waals surface area contributed by atoms with Gasteiger partial charge in [0.2, 0.25) is 0 Å². The van der Waals surface area contributed by atoms with E-state index >= 15 is 0 Å². The van der Waals surface area contributed by atoms with Gasteiger partial charge in [0.25, 0.3) is 5.91 Å². The number of nitrogens with zero attached hydrogens (tertiary/aromatic N) is 4. The van der Waals surface area contributed by atoms with Crippen LogP contribution in [0.1, 0.15) is 38.9 Å². The van der Waals surface area contributed by atoms with Crippen LogP contribution in [-0.4, -0.2) is 71.9 Å². The van der Waals surface area contributed by atoms with Crippen LogP contribution in [0.5, 0.6) is 5.75 Å². The fourth-order valence-corrected chi connectivity index (χ4v) is 4.84. The highest BCUT2D eigenvalue weighted by molar-refractivity contribution is 6.00. The third-order valence-corrected chi connectivity index (χ3v) is 7.26. The number of morpholine rings is 1. The molecule has 1 aliphatic rings. The quantitative estimate of drug-likeness (QED) is 0.234. The Kier molecular flexibility index (Phi) is 9.88. The molecule has 0 spiro atoms. The summed E-state index contributed by atoms with van der Waals surface area (Å²) in [6.07, 6.45) is 5.70. The molecule has 0 bridgehead atoms. The average Bonchev–Trinajstić information content (AvgIpc) is 3.05. The highest BCUT2D eigenvalue weighted by Gasteiger charge is 2.20. The van der Waals surface area contributed by atoms with Crippen molar-refractivity contribution in [2.75, 3.05) is 50.1 Å². The third kappa shape index (κ3) is 7.81. The summed E-state index contributed by atoms with van der Waals surface area (Å²) in [5.41, 5.74) is 10.9. The Hall–Kier alpha value is -5.16. The van der Waals surface area contributed by atoms with Gasteiger partial charge in [-0.15, -0.1) is 0 Å². The van der Waals surface area contributed by atoms with Crippen LogP contribution in [0.2, 0.25) is 0 Å². The average molecular weight is 595 g/mol. The van der Waals surface area contributed by atoms with Gasteiger partial charge in [-0.2, -0.15) is 0 Å². The van der Waals surface area contributed by atoms with Crippen molar-refractivity contribution in [1.29, 1.82) is 0 Å². The molecular formula is C33H34N6O5. The molecule has 1 amide bonds. The van der Waals surface area contributed by atoms with E-state index in [-0.39, 0.29) is 42.0 Å². The number of benzene rings is 2. The summed E-state index contributed by atoms with van der Waals surface area (Å²) in [4.78, 5) is 52.2. The Labute approximate surface area is 255 Å². The number of hydrogen-bond acceptors (Lipinski definition) is 10. The van der Waals surface area contributed by atoms with E-state index in [0.717, 1.165) is 35.5 Å². The van der Waals surface area contributed by atoms with Crippen molar-refractivity contribution in [2.45, 2.75) is 19.8 Å². The second-order valence-electron chi connectivity index (χ2n) is 10.4. The fourth-order valence-electron chi connectivity index (χ4n) is 4.84. The first kappa shape index (κ1) is 30.3. The molecule has 4 aromatic rings. The predicted molar refractivity (Wildman–Crippen MR) is 166 cm³/mol. The minimum Gasteiger partial charge on any atom is -0.484 e. The maximum absolute atomic E-state index is 13.3. The summed E-state index contributed by atoms with van der Waals surface area (Å²) in [6.45, 7) is 4.58. The highest BCUT2D eigenvalue weighted by Crippen LogP contribution is 2.24. The molecule has 1 fully saturated rings. The molecule has 2 aromatic heterocycles. The van der Waals surface area contributed by atoms with Crippen molar-refractivity contribution in [2.24, 2.45) is 0 Å². The van der Waals surface area contributed by atoms with Crippen LogP contribution in [0.15, 0.2) is 73.2 Å². The molecule has 3 N–H and O–H groups in total. The monoisotopic (exact) mass is 594 g/mol. The molecule has 0 saturated carbocycles. The summed E-state index contributed by atoms with van der Waals surface area (Å²) < 4.78 is 11.0. The molecule has 3 heterocycles. The van der Waals surface area contributed by atoms with E-state index in [1.54, 1.807) is 42.9 Å². The van der Waals surface area contributed by atoms with Crippen LogP contribution in [0, 0.1) is 0 Å². The van der Waals surface area contributed by atoms with Gasteiger partial charge in [-0.1, -0.05) is 24.3 Å². The number of carbonyl (C=O) groups excluding carboxylic acids is 3. The lowest BCUT2D eigenvalue weighted by Crippen LogP contribution is -2.37. The van der Waals surface area contributed by atoms with E-state index < -0.39 is 0 Å². The predicted octanol–water partition coefficient (Wildman–Crippen LogP) is 3.32. The van der Waals surface area contributed by atoms with Gasteiger partial charge in [0.05, 0.1) is 25.1 Å². The number of Topliss-reactive ketones (excluding diaryl/α,β-unsaturated/α-hetero) is 2. The molecule has 5 rings (SSSR count). The number of aromatic nitrogens is 3. The number of pyridine rings is 1. The summed E-state index contributed by atoms with van der Waals surface area (Å²) in [7, 11) is 0. The van der Waals surface area contributed by atoms with E-state index in [1.165, 1.54) is 6.92 Å². The number of anilines is 2. The van der Waals surface area contributed by atoms with Crippen LogP contribution in [0.25, 0.3) is 11.3 Å². The van der Waals surface area contributed by atoms with Crippen molar-refractivity contribution in [1.82, 2.24) is 20.3 Å². The largest absolute Gasteiger partial charge is 0.484 e. The molecule has 0 aliphatic carbocycles. The van der Waals surface area contributed by atoms with Gasteiger partial charge < -0.3 is 25.4 Å². The van der Waals surface area contributed by atoms with Crippen LogP contribution in [0.4, 0.5) is 11.5 Å². The fraction of sp³-hybridized carbons (Fsp3) is 0.273. The number of hydrogen-bond donors (Lipinski definition) is 2. The zero-order chi connectivity index (χ0) is 30.9. The standard InChI is InChI=1S/C33H34N6O5/c1-22(40)24-6-8-27(9-7-24)44-21-31(42)36-13-10-23-2-4-25(5-3-23)28-20-37-33(34)32(38-28)30(41)18-26-19-35-12-11-29(26)39-14-16-43-17-15-39/h2-9,11-12,19-20H,10,13-18,21H2,1H3,(H2,34,37)(H,36,42). The van der Waals surface area contributed by atoms with E-state index in [0.29, 0.717) is 43.2 Å². The number of amides is 1. The first-order valence-corrected chi connectivity index (χ1v) is 14.4. The van der Waals surface area contributed by atoms with Crippen molar-refractivity contribution >= 4 is 29.0 Å². The van der Waals surface area contributed by atoms with Crippen molar-refractivity contribution < 1.29 is 23.9 Å². The number of nitrogens with one attached hydrogen (secondary N) is 1. The highest BCUT2D eigenvalue weighted by atomic mass is 16.5. The maximum atomic E-state index is 13.3. The Morgan fingerprint density at radius 2 is 1.75 bits per heavy atom. The normalized spacial score (nSPS) is 12.9. The molecule has 226 valence electrons. The van der Waals surface area contributed by atoms with Crippen molar-refractivity contribution in [3.8, 4) is 17.0 Å². The van der Waals surface area contributed by atoms with Gasteiger partial charge in [0.15, 0.2) is 24.0 Å². The Bertz CT molecular complexity index is 1620. The van der Waals surface area contributed by atoms with Crippen molar-refractivity contribution in [3.63, 3.8) is 0 Å². The van der Waals surface area contributed by atoms with E-state index in [2.05, 4.69) is 25.2 Å². The molecule has 0 atom stereocenters. The van der Waals surface area contributed by atoms with Crippen LogP contribution in [-0.2, 0) is 22.4 Å². The molecule has 1 aliphatic heterocycles. The van der Waals surface area contributed by atoms with Crippen LogP contribution in [0.3, 0.4) is 0 Å². The molecule has 2 aromatic carbocycles. The Balaban J connectivity index is 1.15. The van der Waals surface area contributed by atoms with Gasteiger partial charge in [-0.05, 0) is 49.2 Å². The summed E-state index contributed by atoms with van der Waals surface area (Å²) >= 11 is 0. The number of ketones is 2. The zero-order valence-electron chi connectivity index (χ0n) is 24.5. The SMILES string of the molecule is CC(=O)c1ccc(OCC(=O)NCCc2ccc(-c3cnc(N)c(C(=O)Cc4cnccc4N4CCOCC4)n3)cc2)cc1. The molecular weight excluding hydrogens is 560 g/mol. The van der Waals surface area contributed by atoms with Gasteiger partial charge in [0, 0.05) is 60.8 Å². The van der Waals surface area contributed by atoms with E-state index in [1.807, 2.05) is 30.3 Å². The Morgan fingerprint density at radius 1 is 1.00 bits per heavy atom. The lowest BCUT2D eigenvalue weighted by atomic mass is 10.0. The van der Waals surface area contributed by atoms with Gasteiger partial charge in [0.1, 0.15) is 11.4 Å². The molecule has 11 nitrogen and oxygen atoms in total. The topological polar surface area (TPSA) is 150 Å².